The van der Waals surface area contributed by atoms with E-state index in [1.807, 2.05) is 0 Å². The van der Waals surface area contributed by atoms with Crippen molar-refractivity contribution < 1.29 is 9.71 Å². The summed E-state index contributed by atoms with van der Waals surface area (Å²) < 4.78 is 5.76. The fourth-order valence-corrected chi connectivity index (χ4v) is 9.36. The molecule has 0 N–H and O–H groups in total. The van der Waals surface area contributed by atoms with E-state index in [0.29, 0.717) is 0 Å². The van der Waals surface area contributed by atoms with Crippen LogP contribution in [0.1, 0.15) is 136 Å². The number of nitrogens with zero attached hydrogens (tertiary/aromatic N) is 1. The SMILES string of the molecule is CCCCCCCCP(C)(CCCCCCCC)(CCCCCCCC)O[N+](=O)[O-]. The number of unbranched alkanes of at least 4 members (excludes halogenated alkanes) is 15. The molecular formula is C25H54NO3P. The maximum absolute atomic E-state index is 11.6. The van der Waals surface area contributed by atoms with Gasteiger partial charge in [-0.25, -0.2) is 0 Å². The van der Waals surface area contributed by atoms with Crippen LogP contribution in [0.5, 0.6) is 0 Å². The second-order valence-electron chi connectivity index (χ2n) is 9.97. The van der Waals surface area contributed by atoms with Gasteiger partial charge in [-0.05, 0) is 0 Å². The molecule has 0 heterocycles. The Morgan fingerprint density at radius 3 is 1.10 bits per heavy atom. The molecule has 0 aromatic heterocycles. The zero-order chi connectivity index (χ0) is 22.6. The van der Waals surface area contributed by atoms with Gasteiger partial charge in [0.05, 0.1) is 0 Å². The molecule has 0 aromatic rings. The van der Waals surface area contributed by atoms with Gasteiger partial charge in [-0.3, -0.25) is 0 Å². The Bertz CT molecular complexity index is 374. The molecule has 0 aliphatic carbocycles. The van der Waals surface area contributed by atoms with Gasteiger partial charge >= 0.3 is 188 Å². The first-order chi connectivity index (χ1) is 14.4. The monoisotopic (exact) mass is 447 g/mol. The first kappa shape index (κ1) is 29.6. The molecule has 0 amide bonds. The topological polar surface area (TPSA) is 52.4 Å². The molecule has 4 nitrogen and oxygen atoms in total. The van der Waals surface area contributed by atoms with Crippen LogP contribution in [0.15, 0.2) is 0 Å². The van der Waals surface area contributed by atoms with E-state index in [2.05, 4.69) is 27.4 Å². The summed E-state index contributed by atoms with van der Waals surface area (Å²) in [7, 11) is 0. The van der Waals surface area contributed by atoms with Crippen LogP contribution in [0.3, 0.4) is 0 Å². The molecule has 30 heavy (non-hydrogen) atoms. The van der Waals surface area contributed by atoms with Gasteiger partial charge < -0.3 is 0 Å². The van der Waals surface area contributed by atoms with Crippen LogP contribution in [0.2, 0.25) is 0 Å². The van der Waals surface area contributed by atoms with Crippen molar-refractivity contribution in [2.75, 3.05) is 25.2 Å². The quantitative estimate of drug-likeness (QED) is 0.0678. The summed E-state index contributed by atoms with van der Waals surface area (Å²) in [5.41, 5.74) is 0. The fraction of sp³-hybridized carbons (Fsp3) is 1.00. The van der Waals surface area contributed by atoms with E-state index in [4.69, 9.17) is 4.62 Å². The molecule has 5 heteroatoms. The summed E-state index contributed by atoms with van der Waals surface area (Å²) in [5.74, 6) is 0. The second-order valence-corrected chi connectivity index (χ2v) is 15.9. The fourth-order valence-electron chi connectivity index (χ4n) is 4.68. The average molecular weight is 448 g/mol. The normalized spacial score (nSPS) is 13.1. The van der Waals surface area contributed by atoms with Crippen LogP contribution in [-0.2, 0) is 4.62 Å². The van der Waals surface area contributed by atoms with Gasteiger partial charge in [0.25, 0.3) is 0 Å². The third kappa shape index (κ3) is 15.4. The molecule has 0 unspecified atom stereocenters. The summed E-state index contributed by atoms with van der Waals surface area (Å²) in [6.07, 6.45) is 25.0. The number of rotatable bonds is 23. The van der Waals surface area contributed by atoms with Crippen molar-refractivity contribution in [2.45, 2.75) is 136 Å². The number of hydrogen-bond acceptors (Lipinski definition) is 3. The minimum atomic E-state index is -2.76. The van der Waals surface area contributed by atoms with Crippen LogP contribution in [0.4, 0.5) is 0 Å². The summed E-state index contributed by atoms with van der Waals surface area (Å²) in [6.45, 7) is 6.17. The molecule has 0 saturated heterocycles. The summed E-state index contributed by atoms with van der Waals surface area (Å²) >= 11 is 0. The molecule has 0 bridgehead atoms. The van der Waals surface area contributed by atoms with Crippen molar-refractivity contribution in [2.24, 2.45) is 0 Å². The Morgan fingerprint density at radius 2 is 0.833 bits per heavy atom. The zero-order valence-corrected chi connectivity index (χ0v) is 21.9. The number of hydrogen-bond donors (Lipinski definition) is 0. The van der Waals surface area contributed by atoms with Gasteiger partial charge in [0, 0.05) is 0 Å². The van der Waals surface area contributed by atoms with E-state index < -0.39 is 11.9 Å². The van der Waals surface area contributed by atoms with Gasteiger partial charge in [-0.1, -0.05) is 0 Å². The van der Waals surface area contributed by atoms with Gasteiger partial charge in [-0.15, -0.1) is 0 Å². The van der Waals surface area contributed by atoms with Crippen molar-refractivity contribution in [1.82, 2.24) is 0 Å². The maximum atomic E-state index is 11.6. The molecule has 0 aromatic carbocycles. The first-order valence-corrected chi connectivity index (χ1v) is 16.4. The van der Waals surface area contributed by atoms with Crippen molar-refractivity contribution in [3.8, 4) is 0 Å². The standard InChI is InChI=1S/C25H54NO3P/c1-5-8-11-14-17-20-23-30(4,29-26(27)28,24-21-18-15-12-9-6-2)25-22-19-16-13-10-7-3/h5-25H2,1-4H3. The van der Waals surface area contributed by atoms with E-state index in [0.717, 1.165) is 37.7 Å². The van der Waals surface area contributed by atoms with E-state index >= 15 is 0 Å². The van der Waals surface area contributed by atoms with Crippen LogP contribution < -0.4 is 0 Å². The Labute approximate surface area is 188 Å². The van der Waals surface area contributed by atoms with E-state index in [1.54, 1.807) is 0 Å². The molecule has 0 spiro atoms. The predicted octanol–water partition coefficient (Wildman–Crippen LogP) is 9.37. The van der Waals surface area contributed by atoms with Gasteiger partial charge in [-0.2, -0.15) is 0 Å². The van der Waals surface area contributed by atoms with Gasteiger partial charge in [0.15, 0.2) is 0 Å². The zero-order valence-electron chi connectivity index (χ0n) is 21.0. The molecule has 182 valence electrons. The predicted molar refractivity (Wildman–Crippen MR) is 136 cm³/mol. The van der Waals surface area contributed by atoms with Crippen molar-refractivity contribution in [1.29, 1.82) is 0 Å². The summed E-state index contributed by atoms with van der Waals surface area (Å²) in [4.78, 5) is 11.6. The minimum absolute atomic E-state index is 0.441. The summed E-state index contributed by atoms with van der Waals surface area (Å²) in [5, 5.41) is 11.1. The molecule has 0 radical (unpaired) electrons. The molecule has 0 rings (SSSR count). The Kier molecular flexibility index (Phi) is 18.0. The van der Waals surface area contributed by atoms with Crippen LogP contribution >= 0.6 is 6.83 Å². The van der Waals surface area contributed by atoms with Crippen molar-refractivity contribution >= 4 is 6.83 Å². The van der Waals surface area contributed by atoms with E-state index in [9.17, 15) is 10.1 Å². The van der Waals surface area contributed by atoms with E-state index in [1.165, 1.54) is 96.3 Å². The molecule has 0 saturated carbocycles. The molecule has 0 aliphatic heterocycles. The van der Waals surface area contributed by atoms with Crippen LogP contribution in [0.25, 0.3) is 0 Å². The Morgan fingerprint density at radius 1 is 0.567 bits per heavy atom. The second kappa shape index (κ2) is 18.2. The Balaban J connectivity index is 4.87. The summed E-state index contributed by atoms with van der Waals surface area (Å²) in [6, 6.07) is 0. The molecule has 0 aliphatic rings. The van der Waals surface area contributed by atoms with Crippen LogP contribution in [-0.4, -0.2) is 30.2 Å². The van der Waals surface area contributed by atoms with Crippen LogP contribution in [0, 0.1) is 10.1 Å². The third-order valence-corrected chi connectivity index (χ3v) is 12.1. The van der Waals surface area contributed by atoms with Crippen molar-refractivity contribution in [3.05, 3.63) is 10.1 Å². The third-order valence-electron chi connectivity index (χ3n) is 6.75. The van der Waals surface area contributed by atoms with Gasteiger partial charge in [0.1, 0.15) is 0 Å². The van der Waals surface area contributed by atoms with Crippen molar-refractivity contribution in [3.63, 3.8) is 0 Å². The average Bonchev–Trinajstić information content (AvgIpc) is 2.70. The molecule has 0 atom stereocenters. The first-order valence-electron chi connectivity index (χ1n) is 13.2. The van der Waals surface area contributed by atoms with Gasteiger partial charge in [0.2, 0.25) is 0 Å². The molecular weight excluding hydrogens is 393 g/mol. The Hall–Kier alpha value is -0.370. The molecule has 0 fully saturated rings. The van der Waals surface area contributed by atoms with E-state index in [-0.39, 0.29) is 0 Å².